The largest absolute Gasteiger partial charge is 0.497 e. The summed E-state index contributed by atoms with van der Waals surface area (Å²) in [5, 5.41) is 0. The number of esters is 1. The molecular formula is C27H24O9. The molecule has 9 heteroatoms. The highest BCUT2D eigenvalue weighted by molar-refractivity contribution is 6.14. The summed E-state index contributed by atoms with van der Waals surface area (Å²) in [6, 6.07) is 12.7. The van der Waals surface area contributed by atoms with Gasteiger partial charge in [-0.25, -0.2) is 4.79 Å². The maximum atomic E-state index is 12.9. The van der Waals surface area contributed by atoms with Gasteiger partial charge >= 0.3 is 5.97 Å². The summed E-state index contributed by atoms with van der Waals surface area (Å²) in [4.78, 5) is 25.7. The third kappa shape index (κ3) is 4.63. The van der Waals surface area contributed by atoms with Crippen LogP contribution in [0.5, 0.6) is 40.2 Å². The molecule has 0 fully saturated rings. The second-order valence-corrected chi connectivity index (χ2v) is 7.51. The van der Waals surface area contributed by atoms with Gasteiger partial charge in [0.2, 0.25) is 11.5 Å². The van der Waals surface area contributed by atoms with Crippen molar-refractivity contribution in [2.75, 3.05) is 35.5 Å². The van der Waals surface area contributed by atoms with Crippen LogP contribution in [0.25, 0.3) is 6.08 Å². The molecule has 36 heavy (non-hydrogen) atoms. The van der Waals surface area contributed by atoms with Gasteiger partial charge in [0.15, 0.2) is 17.3 Å². The Morgan fingerprint density at radius 1 is 0.750 bits per heavy atom. The van der Waals surface area contributed by atoms with Crippen molar-refractivity contribution in [1.29, 1.82) is 0 Å². The van der Waals surface area contributed by atoms with E-state index in [4.69, 9.17) is 33.2 Å². The number of rotatable bonds is 8. The minimum atomic E-state index is -0.657. The van der Waals surface area contributed by atoms with Gasteiger partial charge in [0.1, 0.15) is 23.0 Å². The van der Waals surface area contributed by atoms with Gasteiger partial charge in [0.25, 0.3) is 0 Å². The fraction of sp³-hybridized carbons (Fsp3) is 0.185. The number of hydrogen-bond donors (Lipinski definition) is 0. The fourth-order valence-corrected chi connectivity index (χ4v) is 3.69. The Balaban J connectivity index is 1.59. The molecule has 1 heterocycles. The van der Waals surface area contributed by atoms with E-state index in [9.17, 15) is 9.59 Å². The lowest BCUT2D eigenvalue weighted by Gasteiger charge is -2.13. The Hall–Kier alpha value is -4.66. The number of carbonyl (C=O) groups excluding carboxylic acids is 2. The highest BCUT2D eigenvalue weighted by Crippen LogP contribution is 2.39. The Morgan fingerprint density at radius 2 is 1.42 bits per heavy atom. The molecule has 0 radical (unpaired) electrons. The first-order valence-electron chi connectivity index (χ1n) is 10.7. The van der Waals surface area contributed by atoms with Crippen LogP contribution in [0.3, 0.4) is 0 Å². The summed E-state index contributed by atoms with van der Waals surface area (Å²) in [5.41, 5.74) is 1.14. The number of carbonyl (C=O) groups is 2. The predicted molar refractivity (Wildman–Crippen MR) is 130 cm³/mol. The van der Waals surface area contributed by atoms with E-state index in [1.807, 2.05) is 0 Å². The minimum absolute atomic E-state index is 0.102. The van der Waals surface area contributed by atoms with E-state index in [2.05, 4.69) is 0 Å². The first-order chi connectivity index (χ1) is 17.4. The molecule has 3 aromatic carbocycles. The fourth-order valence-electron chi connectivity index (χ4n) is 3.69. The summed E-state index contributed by atoms with van der Waals surface area (Å²) in [6.45, 7) is 0. The second-order valence-electron chi connectivity index (χ2n) is 7.51. The molecule has 0 spiro atoms. The van der Waals surface area contributed by atoms with Gasteiger partial charge in [-0.15, -0.1) is 0 Å². The van der Waals surface area contributed by atoms with Gasteiger partial charge in [0.05, 0.1) is 46.7 Å². The lowest BCUT2D eigenvalue weighted by atomic mass is 10.1. The smallest absolute Gasteiger partial charge is 0.343 e. The highest BCUT2D eigenvalue weighted by Gasteiger charge is 2.29. The molecule has 0 N–H and O–H groups in total. The van der Waals surface area contributed by atoms with Crippen LogP contribution in [-0.2, 0) is 0 Å². The molecule has 0 aliphatic carbocycles. The Morgan fingerprint density at radius 3 is 2.03 bits per heavy atom. The maximum Gasteiger partial charge on any atom is 0.343 e. The Labute approximate surface area is 207 Å². The van der Waals surface area contributed by atoms with Crippen molar-refractivity contribution in [2.45, 2.75) is 0 Å². The van der Waals surface area contributed by atoms with Crippen LogP contribution in [0.15, 0.2) is 54.3 Å². The number of allylic oxidation sites excluding steroid dienone is 1. The molecule has 0 atom stereocenters. The van der Waals surface area contributed by atoms with Crippen molar-refractivity contribution in [3.05, 3.63) is 71.0 Å². The van der Waals surface area contributed by atoms with Crippen LogP contribution in [0.4, 0.5) is 0 Å². The van der Waals surface area contributed by atoms with Crippen LogP contribution < -0.4 is 33.2 Å². The van der Waals surface area contributed by atoms with Crippen LogP contribution in [0.2, 0.25) is 0 Å². The van der Waals surface area contributed by atoms with Crippen molar-refractivity contribution in [2.24, 2.45) is 0 Å². The van der Waals surface area contributed by atoms with Crippen LogP contribution in [0, 0.1) is 0 Å². The SMILES string of the molecule is COc1ccc(OC)c(C=C2Oc3cc(OC(=O)c4cc(OC)c(OC)c(OC)c4)ccc3C2=O)c1. The molecule has 186 valence electrons. The third-order valence-electron chi connectivity index (χ3n) is 5.48. The van der Waals surface area contributed by atoms with E-state index >= 15 is 0 Å². The van der Waals surface area contributed by atoms with Crippen LogP contribution in [-0.4, -0.2) is 47.3 Å². The number of ketones is 1. The number of benzene rings is 3. The lowest BCUT2D eigenvalue weighted by molar-refractivity contribution is 0.0733. The number of Topliss-reactive ketones (excluding diaryl/α,β-unsaturated/α-hetero) is 1. The average molecular weight is 492 g/mol. The molecule has 4 rings (SSSR count). The van der Waals surface area contributed by atoms with Crippen LogP contribution in [0.1, 0.15) is 26.3 Å². The van der Waals surface area contributed by atoms with Crippen molar-refractivity contribution < 1.29 is 42.7 Å². The molecule has 0 amide bonds. The summed E-state index contributed by atoms with van der Waals surface area (Å²) in [6.07, 6.45) is 1.57. The Kier molecular flexibility index (Phi) is 7.00. The van der Waals surface area contributed by atoms with Gasteiger partial charge in [-0.1, -0.05) is 0 Å². The van der Waals surface area contributed by atoms with Crippen molar-refractivity contribution in [3.63, 3.8) is 0 Å². The first-order valence-corrected chi connectivity index (χ1v) is 10.7. The average Bonchev–Trinajstić information content (AvgIpc) is 3.21. The molecule has 0 saturated carbocycles. The second kappa shape index (κ2) is 10.3. The van der Waals surface area contributed by atoms with Gasteiger partial charge < -0.3 is 33.2 Å². The third-order valence-corrected chi connectivity index (χ3v) is 5.48. The quantitative estimate of drug-likeness (QED) is 0.254. The standard InChI is InChI=1S/C27H24O9/c1-30-17-7-9-20(31-2)15(10-17)11-22-25(28)19-8-6-18(14-21(19)36-22)35-27(29)16-12-23(32-3)26(34-5)24(13-16)33-4/h6-14H,1-5H3. The molecule has 1 aliphatic rings. The summed E-state index contributed by atoms with van der Waals surface area (Å²) in [7, 11) is 7.45. The molecule has 0 aromatic heterocycles. The van der Waals surface area contributed by atoms with E-state index in [0.29, 0.717) is 39.9 Å². The minimum Gasteiger partial charge on any atom is -0.497 e. The monoisotopic (exact) mass is 492 g/mol. The molecule has 0 saturated heterocycles. The molecule has 0 unspecified atom stereocenters. The number of hydrogen-bond acceptors (Lipinski definition) is 9. The summed E-state index contributed by atoms with van der Waals surface area (Å²) in [5.74, 6) is 1.74. The number of methoxy groups -OCH3 is 5. The first kappa shape index (κ1) is 24.5. The zero-order valence-electron chi connectivity index (χ0n) is 20.4. The molecule has 3 aromatic rings. The highest BCUT2D eigenvalue weighted by atomic mass is 16.5. The van der Waals surface area contributed by atoms with Gasteiger partial charge in [0, 0.05) is 11.6 Å². The van der Waals surface area contributed by atoms with Crippen LogP contribution >= 0.6 is 0 Å². The van der Waals surface area contributed by atoms with Gasteiger partial charge in [-0.2, -0.15) is 0 Å². The van der Waals surface area contributed by atoms with E-state index in [-0.39, 0.29) is 28.6 Å². The molecule has 0 bridgehead atoms. The maximum absolute atomic E-state index is 12.9. The topological polar surface area (TPSA) is 98.8 Å². The molecule has 1 aliphatic heterocycles. The Bertz CT molecular complexity index is 1330. The zero-order chi connectivity index (χ0) is 25.8. The van der Waals surface area contributed by atoms with Crippen molar-refractivity contribution in [1.82, 2.24) is 0 Å². The summed E-state index contributed by atoms with van der Waals surface area (Å²) < 4.78 is 37.8. The molecule has 9 nitrogen and oxygen atoms in total. The van der Waals surface area contributed by atoms with Gasteiger partial charge in [-0.05, 0) is 48.5 Å². The predicted octanol–water partition coefficient (Wildman–Crippen LogP) is 4.57. The normalized spacial score (nSPS) is 13.0. The van der Waals surface area contributed by atoms with Crippen molar-refractivity contribution >= 4 is 17.8 Å². The van der Waals surface area contributed by atoms with E-state index in [1.165, 1.54) is 52.7 Å². The number of ether oxygens (including phenoxy) is 7. The van der Waals surface area contributed by atoms with E-state index < -0.39 is 5.97 Å². The van der Waals surface area contributed by atoms with Gasteiger partial charge in [-0.3, -0.25) is 4.79 Å². The number of fused-ring (bicyclic) bond motifs is 1. The van der Waals surface area contributed by atoms with E-state index in [1.54, 1.807) is 37.5 Å². The summed E-state index contributed by atoms with van der Waals surface area (Å²) >= 11 is 0. The zero-order valence-corrected chi connectivity index (χ0v) is 20.4. The molecular weight excluding hydrogens is 468 g/mol. The lowest BCUT2D eigenvalue weighted by Crippen LogP contribution is -2.09. The van der Waals surface area contributed by atoms with E-state index in [0.717, 1.165) is 0 Å². The van der Waals surface area contributed by atoms with Crippen molar-refractivity contribution in [3.8, 4) is 40.2 Å².